The van der Waals surface area contributed by atoms with Crippen LogP contribution < -0.4 is 28.4 Å². The molecule has 0 N–H and O–H groups in total. The summed E-state index contributed by atoms with van der Waals surface area (Å²) in [6, 6.07) is 42.3. The van der Waals surface area contributed by atoms with E-state index in [1.807, 2.05) is 0 Å². The van der Waals surface area contributed by atoms with Crippen LogP contribution in [0.1, 0.15) is 164 Å². The second-order valence-corrected chi connectivity index (χ2v) is 19.1. The fourth-order valence-electron chi connectivity index (χ4n) is 9.78. The standard InChI is InChI=1S/C64H76O6/c1-5-9-13-17-45-65-54-31-23-50(24-32-54)63(51-25-33-55(34-26-51)66-46-18-14-10-6-2)43-41-58-60(69-63)39-21-49-22-40-61-59(62(49)58)42-44-64(70-61,52-27-35-56(36-28-52)67-47-19-15-11-7-3)53-29-37-57(38-30-53)68-48-20-16-12-8-4/h21-44H,5-20,45-48H2,1-4H3. The zero-order valence-electron chi connectivity index (χ0n) is 42.4. The maximum absolute atomic E-state index is 7.36. The Kier molecular flexibility index (Phi) is 18.0. The van der Waals surface area contributed by atoms with E-state index >= 15 is 0 Å². The number of hydrogen-bond acceptors (Lipinski definition) is 6. The topological polar surface area (TPSA) is 55.4 Å². The first-order valence-corrected chi connectivity index (χ1v) is 26.8. The van der Waals surface area contributed by atoms with Crippen molar-refractivity contribution in [3.8, 4) is 34.5 Å². The van der Waals surface area contributed by atoms with Gasteiger partial charge in [-0.2, -0.15) is 0 Å². The minimum atomic E-state index is -0.896. The predicted octanol–water partition coefficient (Wildman–Crippen LogP) is 17.4. The molecule has 0 unspecified atom stereocenters. The Bertz CT molecular complexity index is 2300. The van der Waals surface area contributed by atoms with Gasteiger partial charge in [0.1, 0.15) is 34.5 Å². The molecule has 0 aliphatic carbocycles. The summed E-state index contributed by atoms with van der Waals surface area (Å²) in [6.45, 7) is 11.8. The Morgan fingerprint density at radius 3 is 0.886 bits per heavy atom. The molecule has 8 rings (SSSR count). The normalized spacial score (nSPS) is 14.1. The molecule has 0 atom stereocenters. The van der Waals surface area contributed by atoms with E-state index in [0.29, 0.717) is 26.4 Å². The molecule has 6 aromatic carbocycles. The van der Waals surface area contributed by atoms with Gasteiger partial charge < -0.3 is 28.4 Å². The molecule has 0 amide bonds. The van der Waals surface area contributed by atoms with Gasteiger partial charge in [-0.25, -0.2) is 0 Å². The maximum Gasteiger partial charge on any atom is 0.178 e. The number of rotatable bonds is 28. The third-order valence-corrected chi connectivity index (χ3v) is 13.9. The fraction of sp³-hybridized carbons (Fsp3) is 0.406. The highest BCUT2D eigenvalue weighted by molar-refractivity contribution is 6.02. The van der Waals surface area contributed by atoms with Gasteiger partial charge in [-0.1, -0.05) is 165 Å². The molecule has 0 saturated carbocycles. The van der Waals surface area contributed by atoms with Crippen LogP contribution in [0.2, 0.25) is 0 Å². The molecule has 368 valence electrons. The SMILES string of the molecule is CCCCCCOc1ccc(C2(c3ccc(OCCCCCC)cc3)C=Cc3c(ccc4ccc5c(c34)C=CC(c3ccc(OCCCCCC)cc3)(c3ccc(OCCCCCC)cc3)O5)O2)cc1. The van der Waals surface area contributed by atoms with E-state index in [9.17, 15) is 0 Å². The van der Waals surface area contributed by atoms with Crippen LogP contribution in [0.25, 0.3) is 22.9 Å². The summed E-state index contributed by atoms with van der Waals surface area (Å²) in [4.78, 5) is 0. The summed E-state index contributed by atoms with van der Waals surface area (Å²) in [5.41, 5.74) is 4.32. The summed E-state index contributed by atoms with van der Waals surface area (Å²) in [5.74, 6) is 5.08. The molecule has 6 heteroatoms. The lowest BCUT2D eigenvalue weighted by Crippen LogP contribution is -2.35. The van der Waals surface area contributed by atoms with Gasteiger partial charge in [0.15, 0.2) is 11.2 Å². The molecule has 2 aliphatic rings. The lowest BCUT2D eigenvalue weighted by molar-refractivity contribution is 0.160. The van der Waals surface area contributed by atoms with Crippen LogP contribution in [0.4, 0.5) is 0 Å². The molecular weight excluding hydrogens is 865 g/mol. The Morgan fingerprint density at radius 2 is 0.614 bits per heavy atom. The van der Waals surface area contributed by atoms with Crippen LogP contribution in [-0.2, 0) is 11.2 Å². The van der Waals surface area contributed by atoms with Crippen molar-refractivity contribution in [3.05, 3.63) is 167 Å². The Balaban J connectivity index is 1.12. The van der Waals surface area contributed by atoms with Gasteiger partial charge in [-0.15, -0.1) is 0 Å². The van der Waals surface area contributed by atoms with Gasteiger partial charge in [-0.3, -0.25) is 0 Å². The molecular formula is C64H76O6. The third-order valence-electron chi connectivity index (χ3n) is 13.9. The molecule has 2 aliphatic heterocycles. The smallest absolute Gasteiger partial charge is 0.178 e. The second kappa shape index (κ2) is 25.1. The highest BCUT2D eigenvalue weighted by atomic mass is 16.5. The number of benzene rings is 6. The zero-order valence-corrected chi connectivity index (χ0v) is 42.4. The molecule has 0 bridgehead atoms. The van der Waals surface area contributed by atoms with Crippen LogP contribution in [0.3, 0.4) is 0 Å². The van der Waals surface area contributed by atoms with Crippen molar-refractivity contribution in [2.75, 3.05) is 26.4 Å². The van der Waals surface area contributed by atoms with E-state index in [2.05, 4.69) is 173 Å². The van der Waals surface area contributed by atoms with Crippen molar-refractivity contribution in [1.29, 1.82) is 0 Å². The largest absolute Gasteiger partial charge is 0.494 e. The molecule has 0 radical (unpaired) electrons. The second-order valence-electron chi connectivity index (χ2n) is 19.1. The average Bonchev–Trinajstić information content (AvgIpc) is 3.40. The van der Waals surface area contributed by atoms with Crippen molar-refractivity contribution in [1.82, 2.24) is 0 Å². The van der Waals surface area contributed by atoms with Crippen LogP contribution in [0.15, 0.2) is 133 Å². The molecule has 2 heterocycles. The van der Waals surface area contributed by atoms with Gasteiger partial charge in [0.25, 0.3) is 0 Å². The molecule has 0 fully saturated rings. The summed E-state index contributed by atoms with van der Waals surface area (Å²) < 4.78 is 39.5. The van der Waals surface area contributed by atoms with Crippen LogP contribution in [-0.4, -0.2) is 26.4 Å². The van der Waals surface area contributed by atoms with Crippen LogP contribution in [0.5, 0.6) is 34.5 Å². The minimum Gasteiger partial charge on any atom is -0.494 e. The van der Waals surface area contributed by atoms with Crippen LogP contribution >= 0.6 is 0 Å². The lowest BCUT2D eigenvalue weighted by Gasteiger charge is -2.38. The highest BCUT2D eigenvalue weighted by Crippen LogP contribution is 2.50. The fourth-order valence-corrected chi connectivity index (χ4v) is 9.78. The van der Waals surface area contributed by atoms with Gasteiger partial charge in [0.05, 0.1) is 26.4 Å². The summed E-state index contributed by atoms with van der Waals surface area (Å²) >= 11 is 0. The first kappa shape index (κ1) is 50.3. The first-order chi connectivity index (χ1) is 34.5. The Labute approximate surface area is 419 Å². The molecule has 70 heavy (non-hydrogen) atoms. The quantitative estimate of drug-likeness (QED) is 0.0457. The van der Waals surface area contributed by atoms with Crippen molar-refractivity contribution in [3.63, 3.8) is 0 Å². The molecule has 0 aromatic heterocycles. The molecule has 0 saturated heterocycles. The monoisotopic (exact) mass is 941 g/mol. The van der Waals surface area contributed by atoms with Gasteiger partial charge in [-0.05, 0) is 116 Å². The maximum atomic E-state index is 7.36. The number of unbranched alkanes of at least 4 members (excludes halogenated alkanes) is 12. The zero-order chi connectivity index (χ0) is 48.4. The van der Waals surface area contributed by atoms with E-state index < -0.39 is 11.2 Å². The van der Waals surface area contributed by atoms with Crippen molar-refractivity contribution >= 4 is 22.9 Å². The summed E-state index contributed by atoms with van der Waals surface area (Å²) in [7, 11) is 0. The molecule has 6 aromatic rings. The summed E-state index contributed by atoms with van der Waals surface area (Å²) in [5, 5.41) is 2.20. The Morgan fingerprint density at radius 1 is 0.329 bits per heavy atom. The molecule has 6 nitrogen and oxygen atoms in total. The lowest BCUT2D eigenvalue weighted by atomic mass is 9.81. The van der Waals surface area contributed by atoms with E-state index in [4.69, 9.17) is 28.4 Å². The van der Waals surface area contributed by atoms with E-state index in [0.717, 1.165) is 104 Å². The Hall–Kier alpha value is -6.14. The molecule has 0 spiro atoms. The summed E-state index contributed by atoms with van der Waals surface area (Å²) in [6.07, 6.45) is 27.6. The van der Waals surface area contributed by atoms with E-state index in [1.54, 1.807) is 0 Å². The van der Waals surface area contributed by atoms with E-state index in [1.165, 1.54) is 77.0 Å². The van der Waals surface area contributed by atoms with Gasteiger partial charge >= 0.3 is 0 Å². The van der Waals surface area contributed by atoms with Crippen molar-refractivity contribution in [2.45, 2.75) is 142 Å². The first-order valence-electron chi connectivity index (χ1n) is 26.8. The highest BCUT2D eigenvalue weighted by Gasteiger charge is 2.40. The number of hydrogen-bond donors (Lipinski definition) is 0. The average molecular weight is 941 g/mol. The minimum absolute atomic E-state index is 0.714. The van der Waals surface area contributed by atoms with Gasteiger partial charge in [0.2, 0.25) is 0 Å². The number of ether oxygens (including phenoxy) is 6. The predicted molar refractivity (Wildman–Crippen MR) is 289 cm³/mol. The van der Waals surface area contributed by atoms with Crippen LogP contribution in [0, 0.1) is 0 Å². The third kappa shape index (κ3) is 12.1. The van der Waals surface area contributed by atoms with Crippen molar-refractivity contribution < 1.29 is 28.4 Å². The van der Waals surface area contributed by atoms with Crippen molar-refractivity contribution in [2.24, 2.45) is 0 Å². The van der Waals surface area contributed by atoms with E-state index in [-0.39, 0.29) is 0 Å². The van der Waals surface area contributed by atoms with Gasteiger partial charge in [0, 0.05) is 38.8 Å². The number of fused-ring (bicyclic) bond motifs is 5.